The van der Waals surface area contributed by atoms with Gasteiger partial charge in [-0.1, -0.05) is 6.92 Å². The first-order valence-corrected chi connectivity index (χ1v) is 9.00. The number of nitrogens with zero attached hydrogens (tertiary/aromatic N) is 4. The molecule has 0 bridgehead atoms. The molecule has 0 amide bonds. The number of hydrogen-bond donors (Lipinski definition) is 0. The first-order valence-electron chi connectivity index (χ1n) is 6.98. The van der Waals surface area contributed by atoms with E-state index in [9.17, 15) is 0 Å². The Bertz CT molecular complexity index is 545. The van der Waals surface area contributed by atoms with Crippen molar-refractivity contribution in [2.45, 2.75) is 37.5 Å². The molecule has 0 radical (unpaired) electrons. The lowest BCUT2D eigenvalue weighted by atomic mass is 9.99. The molecule has 21 heavy (non-hydrogen) atoms. The highest BCUT2D eigenvalue weighted by molar-refractivity contribution is 9.10. The maximum atomic E-state index is 4.39. The van der Waals surface area contributed by atoms with Crippen molar-refractivity contribution in [2.75, 3.05) is 6.26 Å². The van der Waals surface area contributed by atoms with Crippen LogP contribution in [0.1, 0.15) is 31.3 Å². The fraction of sp³-hybridized carbons (Fsp3) is 0.467. The molecule has 1 atom stereocenters. The standard InChI is InChI=1S/C15H19BrN4S/c1-11(3-5-12-7-18-14(16)10-17-12)4-6-15-19-8-13(21-2)9-20-15/h7-11H,3-6H2,1-2H3. The molecule has 0 saturated heterocycles. The van der Waals surface area contributed by atoms with Crippen LogP contribution in [0, 0.1) is 5.92 Å². The lowest BCUT2D eigenvalue weighted by molar-refractivity contribution is 0.483. The average Bonchev–Trinajstić information content (AvgIpc) is 2.53. The van der Waals surface area contributed by atoms with Gasteiger partial charge in [0.05, 0.1) is 11.9 Å². The Morgan fingerprint density at radius 2 is 1.71 bits per heavy atom. The summed E-state index contributed by atoms with van der Waals surface area (Å²) in [5.41, 5.74) is 1.05. The minimum Gasteiger partial charge on any atom is -0.257 e. The Labute approximate surface area is 138 Å². The molecule has 0 saturated carbocycles. The molecule has 0 aromatic carbocycles. The molecule has 6 heteroatoms. The third-order valence-electron chi connectivity index (χ3n) is 3.35. The van der Waals surface area contributed by atoms with Crippen LogP contribution in [0.25, 0.3) is 0 Å². The second-order valence-electron chi connectivity index (χ2n) is 5.05. The predicted octanol–water partition coefficient (Wildman–Crippen LogP) is 3.95. The molecule has 0 aliphatic heterocycles. The molecule has 4 nitrogen and oxygen atoms in total. The van der Waals surface area contributed by atoms with Gasteiger partial charge in [-0.05, 0) is 47.4 Å². The lowest BCUT2D eigenvalue weighted by Crippen LogP contribution is -2.03. The highest BCUT2D eigenvalue weighted by atomic mass is 79.9. The molecule has 2 heterocycles. The van der Waals surface area contributed by atoms with Crippen LogP contribution < -0.4 is 0 Å². The summed E-state index contributed by atoms with van der Waals surface area (Å²) in [5, 5.41) is 0. The summed E-state index contributed by atoms with van der Waals surface area (Å²) >= 11 is 4.96. The van der Waals surface area contributed by atoms with E-state index in [2.05, 4.69) is 42.8 Å². The van der Waals surface area contributed by atoms with E-state index in [1.54, 1.807) is 18.0 Å². The molecule has 0 spiro atoms. The summed E-state index contributed by atoms with van der Waals surface area (Å²) in [5.74, 6) is 1.56. The fourth-order valence-electron chi connectivity index (χ4n) is 1.96. The van der Waals surface area contributed by atoms with E-state index in [0.29, 0.717) is 5.92 Å². The van der Waals surface area contributed by atoms with Gasteiger partial charge in [0.1, 0.15) is 10.4 Å². The molecule has 0 aliphatic carbocycles. The van der Waals surface area contributed by atoms with Gasteiger partial charge in [-0.25, -0.2) is 15.0 Å². The van der Waals surface area contributed by atoms with Crippen molar-refractivity contribution in [2.24, 2.45) is 5.92 Å². The van der Waals surface area contributed by atoms with E-state index in [0.717, 1.165) is 46.7 Å². The van der Waals surface area contributed by atoms with E-state index >= 15 is 0 Å². The van der Waals surface area contributed by atoms with E-state index in [1.165, 1.54) is 0 Å². The number of hydrogen-bond acceptors (Lipinski definition) is 5. The molecular weight excluding hydrogens is 348 g/mol. The summed E-state index contributed by atoms with van der Waals surface area (Å²) in [7, 11) is 0. The molecular formula is C15H19BrN4S. The molecule has 0 aliphatic rings. The van der Waals surface area contributed by atoms with E-state index < -0.39 is 0 Å². The van der Waals surface area contributed by atoms with Crippen molar-refractivity contribution in [3.8, 4) is 0 Å². The van der Waals surface area contributed by atoms with Crippen molar-refractivity contribution in [3.63, 3.8) is 0 Å². The average molecular weight is 367 g/mol. The summed E-state index contributed by atoms with van der Waals surface area (Å²) in [4.78, 5) is 18.4. The Morgan fingerprint density at radius 1 is 1.00 bits per heavy atom. The first kappa shape index (κ1) is 16.4. The molecule has 2 aromatic heterocycles. The van der Waals surface area contributed by atoms with Gasteiger partial charge in [0, 0.05) is 29.9 Å². The first-order chi connectivity index (χ1) is 10.2. The Kier molecular flexibility index (Phi) is 6.57. The van der Waals surface area contributed by atoms with Gasteiger partial charge < -0.3 is 0 Å². The van der Waals surface area contributed by atoms with Crippen LogP contribution in [0.15, 0.2) is 34.3 Å². The van der Waals surface area contributed by atoms with Gasteiger partial charge in [-0.3, -0.25) is 4.98 Å². The van der Waals surface area contributed by atoms with Gasteiger partial charge in [-0.15, -0.1) is 11.8 Å². The maximum absolute atomic E-state index is 4.39. The third-order valence-corrected chi connectivity index (χ3v) is 4.44. The molecule has 2 rings (SSSR count). The SMILES string of the molecule is CSc1cnc(CCC(C)CCc2cnc(Br)cn2)nc1. The number of thioether (sulfide) groups is 1. The Balaban J connectivity index is 1.73. The van der Waals surface area contributed by atoms with E-state index in [1.807, 2.05) is 24.8 Å². The second-order valence-corrected chi connectivity index (χ2v) is 6.74. The van der Waals surface area contributed by atoms with Crippen LogP contribution in [0.4, 0.5) is 0 Å². The van der Waals surface area contributed by atoms with E-state index in [4.69, 9.17) is 0 Å². The Hall–Kier alpha value is -1.01. The summed E-state index contributed by atoms with van der Waals surface area (Å²) < 4.78 is 0.783. The van der Waals surface area contributed by atoms with Crippen LogP contribution in [-0.2, 0) is 12.8 Å². The van der Waals surface area contributed by atoms with E-state index in [-0.39, 0.29) is 0 Å². The van der Waals surface area contributed by atoms with Crippen molar-refractivity contribution in [1.82, 2.24) is 19.9 Å². The van der Waals surface area contributed by atoms with Gasteiger partial charge in [0.15, 0.2) is 0 Å². The lowest BCUT2D eigenvalue weighted by Gasteiger charge is -2.10. The van der Waals surface area contributed by atoms with Crippen molar-refractivity contribution in [1.29, 1.82) is 0 Å². The molecule has 1 unspecified atom stereocenters. The molecule has 2 aromatic rings. The van der Waals surface area contributed by atoms with Crippen LogP contribution in [-0.4, -0.2) is 26.2 Å². The van der Waals surface area contributed by atoms with Gasteiger partial charge in [0.2, 0.25) is 0 Å². The van der Waals surface area contributed by atoms with Gasteiger partial charge in [-0.2, -0.15) is 0 Å². The van der Waals surface area contributed by atoms with Crippen molar-refractivity contribution < 1.29 is 0 Å². The third kappa shape index (κ3) is 5.71. The van der Waals surface area contributed by atoms with Crippen LogP contribution in [0.5, 0.6) is 0 Å². The van der Waals surface area contributed by atoms with Crippen LogP contribution in [0.3, 0.4) is 0 Å². The highest BCUT2D eigenvalue weighted by Gasteiger charge is 2.06. The largest absolute Gasteiger partial charge is 0.257 e. The molecule has 0 fully saturated rings. The van der Waals surface area contributed by atoms with Gasteiger partial charge in [0.25, 0.3) is 0 Å². The molecule has 112 valence electrons. The van der Waals surface area contributed by atoms with Crippen LogP contribution >= 0.6 is 27.7 Å². The minimum atomic E-state index is 0.624. The monoisotopic (exact) mass is 366 g/mol. The number of rotatable bonds is 7. The zero-order valence-electron chi connectivity index (χ0n) is 12.3. The zero-order chi connectivity index (χ0) is 15.1. The number of aromatic nitrogens is 4. The van der Waals surface area contributed by atoms with Crippen molar-refractivity contribution >= 4 is 27.7 Å². The summed E-state index contributed by atoms with van der Waals surface area (Å²) in [6.45, 7) is 2.27. The fourth-order valence-corrected chi connectivity index (χ4v) is 2.48. The quantitative estimate of drug-likeness (QED) is 0.694. The number of halogens is 1. The summed E-state index contributed by atoms with van der Waals surface area (Å²) in [6, 6.07) is 0. The molecule has 0 N–H and O–H groups in total. The predicted molar refractivity (Wildman–Crippen MR) is 89.4 cm³/mol. The zero-order valence-corrected chi connectivity index (χ0v) is 14.7. The Morgan fingerprint density at radius 3 is 2.33 bits per heavy atom. The normalized spacial score (nSPS) is 12.3. The number of aryl methyl sites for hydroxylation is 2. The van der Waals surface area contributed by atoms with Crippen LogP contribution in [0.2, 0.25) is 0 Å². The summed E-state index contributed by atoms with van der Waals surface area (Å²) in [6.07, 6.45) is 13.5. The maximum Gasteiger partial charge on any atom is 0.128 e. The minimum absolute atomic E-state index is 0.624. The smallest absolute Gasteiger partial charge is 0.128 e. The van der Waals surface area contributed by atoms with Gasteiger partial charge >= 0.3 is 0 Å². The topological polar surface area (TPSA) is 51.6 Å². The highest BCUT2D eigenvalue weighted by Crippen LogP contribution is 2.15. The second kappa shape index (κ2) is 8.44. The van der Waals surface area contributed by atoms with Crippen molar-refractivity contribution in [3.05, 3.63) is 40.9 Å².